The standard InChI is InChI=1S/C8H19NO2/c1-4-6(9)8(11)7(10)5(2)3/h5-8,10-11H,4,9H2,1-3H3. The highest BCUT2D eigenvalue weighted by atomic mass is 16.3. The molecule has 0 aliphatic rings. The maximum Gasteiger partial charge on any atom is 0.0951 e. The Balaban J connectivity index is 3.90. The van der Waals surface area contributed by atoms with Crippen LogP contribution in [0.15, 0.2) is 0 Å². The molecular formula is C8H19NO2. The second-order valence-corrected chi connectivity index (χ2v) is 3.30. The Kier molecular flexibility index (Phi) is 4.65. The quantitative estimate of drug-likeness (QED) is 0.548. The van der Waals surface area contributed by atoms with Gasteiger partial charge in [0, 0.05) is 6.04 Å². The van der Waals surface area contributed by atoms with E-state index in [1.807, 2.05) is 20.8 Å². The number of aliphatic hydroxyl groups excluding tert-OH is 2. The van der Waals surface area contributed by atoms with Gasteiger partial charge in [0.25, 0.3) is 0 Å². The minimum Gasteiger partial charge on any atom is -0.390 e. The maximum absolute atomic E-state index is 9.38. The first kappa shape index (κ1) is 10.9. The van der Waals surface area contributed by atoms with E-state index >= 15 is 0 Å². The molecule has 0 heterocycles. The summed E-state index contributed by atoms with van der Waals surface area (Å²) in [6, 6.07) is -0.313. The Bertz CT molecular complexity index is 106. The van der Waals surface area contributed by atoms with Gasteiger partial charge in [0.1, 0.15) is 0 Å². The molecule has 0 bridgehead atoms. The van der Waals surface area contributed by atoms with Gasteiger partial charge in [-0.15, -0.1) is 0 Å². The number of nitrogens with two attached hydrogens (primary N) is 1. The van der Waals surface area contributed by atoms with Crippen LogP contribution < -0.4 is 5.73 Å². The van der Waals surface area contributed by atoms with Gasteiger partial charge >= 0.3 is 0 Å². The van der Waals surface area contributed by atoms with Crippen LogP contribution in [0.3, 0.4) is 0 Å². The van der Waals surface area contributed by atoms with Crippen LogP contribution in [0.25, 0.3) is 0 Å². The lowest BCUT2D eigenvalue weighted by Gasteiger charge is -2.25. The lowest BCUT2D eigenvalue weighted by molar-refractivity contribution is -0.0217. The van der Waals surface area contributed by atoms with E-state index in [1.165, 1.54) is 0 Å². The number of hydrogen-bond acceptors (Lipinski definition) is 3. The average molecular weight is 161 g/mol. The summed E-state index contributed by atoms with van der Waals surface area (Å²) in [5, 5.41) is 18.7. The van der Waals surface area contributed by atoms with E-state index in [-0.39, 0.29) is 12.0 Å². The van der Waals surface area contributed by atoms with E-state index in [4.69, 9.17) is 5.73 Å². The number of rotatable bonds is 4. The lowest BCUT2D eigenvalue weighted by atomic mass is 9.96. The van der Waals surface area contributed by atoms with Gasteiger partial charge < -0.3 is 15.9 Å². The van der Waals surface area contributed by atoms with E-state index in [0.29, 0.717) is 6.42 Å². The van der Waals surface area contributed by atoms with Crippen molar-refractivity contribution in [2.45, 2.75) is 45.4 Å². The third-order valence-corrected chi connectivity index (χ3v) is 1.94. The fourth-order valence-corrected chi connectivity index (χ4v) is 0.889. The summed E-state index contributed by atoms with van der Waals surface area (Å²) in [4.78, 5) is 0. The molecule has 0 amide bonds. The highest BCUT2D eigenvalue weighted by molar-refractivity contribution is 4.79. The van der Waals surface area contributed by atoms with Gasteiger partial charge in [0.05, 0.1) is 12.2 Å². The summed E-state index contributed by atoms with van der Waals surface area (Å²) in [5.74, 6) is 0.0580. The molecule has 0 rings (SSSR count). The van der Waals surface area contributed by atoms with Crippen molar-refractivity contribution in [2.75, 3.05) is 0 Å². The Morgan fingerprint density at radius 3 is 1.91 bits per heavy atom. The second kappa shape index (κ2) is 4.70. The van der Waals surface area contributed by atoms with Gasteiger partial charge in [-0.25, -0.2) is 0 Å². The van der Waals surface area contributed by atoms with Gasteiger partial charge in [-0.2, -0.15) is 0 Å². The first-order valence-electron chi connectivity index (χ1n) is 4.12. The molecule has 4 N–H and O–H groups in total. The summed E-state index contributed by atoms with van der Waals surface area (Å²) in [6.45, 7) is 5.60. The SMILES string of the molecule is CCC(N)C(O)C(O)C(C)C. The zero-order valence-electron chi connectivity index (χ0n) is 7.49. The van der Waals surface area contributed by atoms with Crippen molar-refractivity contribution in [1.29, 1.82) is 0 Å². The van der Waals surface area contributed by atoms with Gasteiger partial charge in [-0.05, 0) is 12.3 Å². The fourth-order valence-electron chi connectivity index (χ4n) is 0.889. The predicted octanol–water partition coefficient (Wildman–Crippen LogP) is 0.101. The van der Waals surface area contributed by atoms with Crippen molar-refractivity contribution in [3.8, 4) is 0 Å². The predicted molar refractivity (Wildman–Crippen MR) is 45.1 cm³/mol. The maximum atomic E-state index is 9.38. The van der Waals surface area contributed by atoms with Crippen LogP contribution in [0, 0.1) is 5.92 Å². The third kappa shape index (κ3) is 3.18. The van der Waals surface area contributed by atoms with Crippen molar-refractivity contribution in [2.24, 2.45) is 11.7 Å². The number of hydrogen-bond donors (Lipinski definition) is 3. The summed E-state index contributed by atoms with van der Waals surface area (Å²) >= 11 is 0. The monoisotopic (exact) mass is 161 g/mol. The van der Waals surface area contributed by atoms with E-state index in [9.17, 15) is 10.2 Å². The van der Waals surface area contributed by atoms with Crippen LogP contribution in [0.5, 0.6) is 0 Å². The molecule has 3 unspecified atom stereocenters. The second-order valence-electron chi connectivity index (χ2n) is 3.30. The van der Waals surface area contributed by atoms with Crippen molar-refractivity contribution in [1.82, 2.24) is 0 Å². The molecule has 0 fully saturated rings. The van der Waals surface area contributed by atoms with E-state index in [2.05, 4.69) is 0 Å². The van der Waals surface area contributed by atoms with Gasteiger partial charge in [0.15, 0.2) is 0 Å². The van der Waals surface area contributed by atoms with Crippen molar-refractivity contribution in [3.63, 3.8) is 0 Å². The minimum atomic E-state index is -0.792. The Morgan fingerprint density at radius 2 is 1.64 bits per heavy atom. The molecule has 3 heteroatoms. The molecule has 11 heavy (non-hydrogen) atoms. The van der Waals surface area contributed by atoms with Gasteiger partial charge in [-0.3, -0.25) is 0 Å². The largest absolute Gasteiger partial charge is 0.390 e. The molecule has 0 aliphatic heterocycles. The molecule has 3 nitrogen and oxygen atoms in total. The van der Waals surface area contributed by atoms with Crippen LogP contribution in [-0.2, 0) is 0 Å². The van der Waals surface area contributed by atoms with E-state index in [0.717, 1.165) is 0 Å². The summed E-state index contributed by atoms with van der Waals surface area (Å²) in [5.41, 5.74) is 5.55. The van der Waals surface area contributed by atoms with Crippen molar-refractivity contribution in [3.05, 3.63) is 0 Å². The molecule has 0 aromatic rings. The van der Waals surface area contributed by atoms with Crippen LogP contribution in [0.4, 0.5) is 0 Å². The molecule has 0 saturated carbocycles. The molecule has 0 saturated heterocycles. The number of aliphatic hydroxyl groups is 2. The Morgan fingerprint density at radius 1 is 1.18 bits per heavy atom. The third-order valence-electron chi connectivity index (χ3n) is 1.94. The molecule has 0 aromatic carbocycles. The normalized spacial score (nSPS) is 19.9. The van der Waals surface area contributed by atoms with Gasteiger partial charge in [-0.1, -0.05) is 20.8 Å². The van der Waals surface area contributed by atoms with E-state index in [1.54, 1.807) is 0 Å². The molecule has 0 spiro atoms. The van der Waals surface area contributed by atoms with Crippen LogP contribution in [0.1, 0.15) is 27.2 Å². The Labute approximate surface area is 68.2 Å². The lowest BCUT2D eigenvalue weighted by Crippen LogP contribution is -2.44. The van der Waals surface area contributed by atoms with E-state index < -0.39 is 12.2 Å². The summed E-state index contributed by atoms with van der Waals surface area (Å²) in [7, 11) is 0. The van der Waals surface area contributed by atoms with Crippen molar-refractivity contribution < 1.29 is 10.2 Å². The zero-order chi connectivity index (χ0) is 9.02. The van der Waals surface area contributed by atoms with Crippen LogP contribution >= 0.6 is 0 Å². The molecule has 3 atom stereocenters. The smallest absolute Gasteiger partial charge is 0.0951 e. The molecule has 0 aliphatic carbocycles. The first-order valence-corrected chi connectivity index (χ1v) is 4.12. The highest BCUT2D eigenvalue weighted by Crippen LogP contribution is 2.09. The first-order chi connectivity index (χ1) is 5.00. The minimum absolute atomic E-state index is 0.0580. The van der Waals surface area contributed by atoms with Crippen LogP contribution in [0.2, 0.25) is 0 Å². The van der Waals surface area contributed by atoms with Crippen molar-refractivity contribution >= 4 is 0 Å². The van der Waals surface area contributed by atoms with Gasteiger partial charge in [0.2, 0.25) is 0 Å². The summed E-state index contributed by atoms with van der Waals surface area (Å²) < 4.78 is 0. The summed E-state index contributed by atoms with van der Waals surface area (Å²) in [6.07, 6.45) is -0.810. The molecular weight excluding hydrogens is 142 g/mol. The average Bonchev–Trinajstić information content (AvgIpc) is 2.00. The van der Waals surface area contributed by atoms with Crippen LogP contribution in [-0.4, -0.2) is 28.5 Å². The topological polar surface area (TPSA) is 66.5 Å². The Hall–Kier alpha value is -0.120. The fraction of sp³-hybridized carbons (Fsp3) is 1.00. The zero-order valence-corrected chi connectivity index (χ0v) is 7.49. The highest BCUT2D eigenvalue weighted by Gasteiger charge is 2.24. The molecule has 0 radical (unpaired) electrons. The molecule has 68 valence electrons. The molecule has 0 aromatic heterocycles.